The van der Waals surface area contributed by atoms with Crippen LogP contribution < -0.4 is 0 Å². The fraction of sp³-hybridized carbons (Fsp3) is 0.375. The normalized spacial score (nSPS) is 16.0. The molecule has 0 N–H and O–H groups in total. The molecule has 2 aromatic carbocycles. The maximum atomic E-state index is 13.6. The van der Waals surface area contributed by atoms with Gasteiger partial charge in [-0.05, 0) is 49.0 Å². The molecular formula is C16H19F3OSi. The lowest BCUT2D eigenvalue weighted by atomic mass is 9.93. The Hall–Kier alpha value is -1.33. The van der Waals surface area contributed by atoms with E-state index in [2.05, 4.69) is 0 Å². The first kappa shape index (κ1) is 16.0. The summed E-state index contributed by atoms with van der Waals surface area (Å²) >= 11 is 0. The van der Waals surface area contributed by atoms with Crippen LogP contribution >= 0.6 is 0 Å². The van der Waals surface area contributed by atoms with Crippen LogP contribution in [0.2, 0.25) is 19.6 Å². The van der Waals surface area contributed by atoms with Gasteiger partial charge in [0.25, 0.3) is 0 Å². The number of halogens is 3. The van der Waals surface area contributed by atoms with Crippen molar-refractivity contribution in [3.63, 3.8) is 0 Å². The minimum absolute atomic E-state index is 0.149. The summed E-state index contributed by atoms with van der Waals surface area (Å²) in [5.41, 5.74) is -2.13. The smallest absolute Gasteiger partial charge is 0.401 e. The number of alkyl halides is 3. The Balaban J connectivity index is 2.58. The van der Waals surface area contributed by atoms with Gasteiger partial charge in [-0.1, -0.05) is 36.4 Å². The zero-order chi connectivity index (χ0) is 15.9. The Bertz CT molecular complexity index is 646. The number of benzene rings is 2. The standard InChI is InChI=1S/C16H19F3OSi/c1-15(16(17,18)19,20-21(2,3)4)14-10-9-12-7-5-6-8-13(12)11-14/h5-11H,1-4H3. The molecule has 0 aliphatic carbocycles. The van der Waals surface area contributed by atoms with Gasteiger partial charge in [-0.2, -0.15) is 13.2 Å². The zero-order valence-electron chi connectivity index (χ0n) is 12.6. The van der Waals surface area contributed by atoms with Crippen LogP contribution in [0.5, 0.6) is 0 Å². The van der Waals surface area contributed by atoms with Crippen LogP contribution in [0.25, 0.3) is 10.8 Å². The van der Waals surface area contributed by atoms with E-state index in [4.69, 9.17) is 4.43 Å². The summed E-state index contributed by atoms with van der Waals surface area (Å²) in [6.07, 6.45) is -4.46. The van der Waals surface area contributed by atoms with Gasteiger partial charge in [0.05, 0.1) is 0 Å². The Labute approximate surface area is 123 Å². The summed E-state index contributed by atoms with van der Waals surface area (Å²) in [4.78, 5) is 0. The molecule has 0 saturated heterocycles. The highest BCUT2D eigenvalue weighted by Gasteiger charge is 2.55. The average Bonchev–Trinajstić information content (AvgIpc) is 2.34. The molecule has 0 aliphatic rings. The molecule has 0 spiro atoms. The highest BCUT2D eigenvalue weighted by molar-refractivity contribution is 6.69. The van der Waals surface area contributed by atoms with Crippen molar-refractivity contribution in [2.24, 2.45) is 0 Å². The largest absolute Gasteiger partial charge is 0.420 e. The number of hydrogen-bond donors (Lipinski definition) is 0. The first-order chi connectivity index (χ1) is 9.53. The van der Waals surface area contributed by atoms with Crippen LogP contribution in [0.3, 0.4) is 0 Å². The van der Waals surface area contributed by atoms with Gasteiger partial charge in [0.15, 0.2) is 13.9 Å². The van der Waals surface area contributed by atoms with Crippen molar-refractivity contribution in [2.75, 3.05) is 0 Å². The van der Waals surface area contributed by atoms with Gasteiger partial charge in [-0.15, -0.1) is 0 Å². The maximum Gasteiger partial charge on any atom is 0.420 e. The lowest BCUT2D eigenvalue weighted by Crippen LogP contribution is -2.48. The predicted molar refractivity (Wildman–Crippen MR) is 81.8 cm³/mol. The van der Waals surface area contributed by atoms with Gasteiger partial charge in [-0.3, -0.25) is 0 Å². The summed E-state index contributed by atoms with van der Waals surface area (Å²) in [6, 6.07) is 12.2. The second-order valence-corrected chi connectivity index (χ2v) is 10.7. The Morgan fingerprint density at radius 3 is 2.00 bits per heavy atom. The molecule has 2 rings (SSSR count). The summed E-state index contributed by atoms with van der Waals surface area (Å²) in [5.74, 6) is 0. The third-order valence-corrected chi connectivity index (χ3v) is 4.37. The van der Waals surface area contributed by atoms with E-state index in [-0.39, 0.29) is 5.56 Å². The van der Waals surface area contributed by atoms with Gasteiger partial charge < -0.3 is 4.43 Å². The molecule has 5 heteroatoms. The minimum atomic E-state index is -4.46. The van der Waals surface area contributed by atoms with E-state index in [1.54, 1.807) is 31.8 Å². The average molecular weight is 312 g/mol. The van der Waals surface area contributed by atoms with Crippen molar-refractivity contribution in [1.29, 1.82) is 0 Å². The fourth-order valence-electron chi connectivity index (χ4n) is 2.38. The topological polar surface area (TPSA) is 9.23 Å². The third-order valence-electron chi connectivity index (χ3n) is 3.35. The molecular weight excluding hydrogens is 293 g/mol. The highest BCUT2D eigenvalue weighted by atomic mass is 28.4. The van der Waals surface area contributed by atoms with E-state index in [0.717, 1.165) is 17.7 Å². The van der Waals surface area contributed by atoms with Crippen molar-refractivity contribution in [3.05, 3.63) is 48.0 Å². The Morgan fingerprint density at radius 2 is 1.48 bits per heavy atom. The summed E-state index contributed by atoms with van der Waals surface area (Å²) < 4.78 is 46.4. The number of hydrogen-bond acceptors (Lipinski definition) is 1. The molecule has 1 unspecified atom stereocenters. The van der Waals surface area contributed by atoms with Gasteiger partial charge in [0.2, 0.25) is 0 Å². The molecule has 0 bridgehead atoms. The van der Waals surface area contributed by atoms with E-state index in [9.17, 15) is 13.2 Å². The molecule has 1 atom stereocenters. The molecule has 114 valence electrons. The van der Waals surface area contributed by atoms with Gasteiger partial charge >= 0.3 is 6.18 Å². The first-order valence-corrected chi connectivity index (χ1v) is 10.2. The van der Waals surface area contributed by atoms with Gasteiger partial charge in [0, 0.05) is 0 Å². The van der Waals surface area contributed by atoms with Crippen LogP contribution in [-0.2, 0) is 10.0 Å². The highest BCUT2D eigenvalue weighted by Crippen LogP contribution is 2.44. The second-order valence-electron chi connectivity index (χ2n) is 6.31. The summed E-state index contributed by atoms with van der Waals surface area (Å²) in [5, 5.41) is 1.70. The van der Waals surface area contributed by atoms with E-state index >= 15 is 0 Å². The third kappa shape index (κ3) is 3.30. The Morgan fingerprint density at radius 1 is 0.905 bits per heavy atom. The number of fused-ring (bicyclic) bond motifs is 1. The molecule has 0 radical (unpaired) electrons. The lowest BCUT2D eigenvalue weighted by molar-refractivity contribution is -0.250. The van der Waals surface area contributed by atoms with Crippen molar-refractivity contribution in [2.45, 2.75) is 38.3 Å². The summed E-state index contributed by atoms with van der Waals surface area (Å²) in [6.45, 7) is 6.41. The molecule has 0 saturated carbocycles. The van der Waals surface area contributed by atoms with E-state index < -0.39 is 20.1 Å². The van der Waals surface area contributed by atoms with Gasteiger partial charge in [0.1, 0.15) is 0 Å². The molecule has 1 nitrogen and oxygen atoms in total. The zero-order valence-corrected chi connectivity index (χ0v) is 13.6. The van der Waals surface area contributed by atoms with Crippen LogP contribution in [0.4, 0.5) is 13.2 Å². The monoisotopic (exact) mass is 312 g/mol. The first-order valence-electron chi connectivity index (χ1n) is 6.79. The molecule has 21 heavy (non-hydrogen) atoms. The molecule has 0 fully saturated rings. The van der Waals surface area contributed by atoms with Crippen molar-refractivity contribution < 1.29 is 17.6 Å². The van der Waals surface area contributed by atoms with Crippen LogP contribution in [0, 0.1) is 0 Å². The van der Waals surface area contributed by atoms with Crippen LogP contribution in [-0.4, -0.2) is 14.5 Å². The van der Waals surface area contributed by atoms with E-state index in [0.29, 0.717) is 0 Å². The van der Waals surface area contributed by atoms with Crippen LogP contribution in [0.15, 0.2) is 42.5 Å². The molecule has 0 aromatic heterocycles. The Kier molecular flexibility index (Phi) is 3.93. The summed E-state index contributed by atoms with van der Waals surface area (Å²) in [7, 11) is -2.37. The van der Waals surface area contributed by atoms with Crippen molar-refractivity contribution in [3.8, 4) is 0 Å². The molecule has 0 heterocycles. The van der Waals surface area contributed by atoms with Crippen LogP contribution in [0.1, 0.15) is 12.5 Å². The lowest BCUT2D eigenvalue weighted by Gasteiger charge is -2.38. The van der Waals surface area contributed by atoms with Crippen molar-refractivity contribution in [1.82, 2.24) is 0 Å². The fourth-order valence-corrected chi connectivity index (χ4v) is 3.84. The molecule has 0 aliphatic heterocycles. The van der Waals surface area contributed by atoms with Crippen molar-refractivity contribution >= 4 is 19.1 Å². The quantitative estimate of drug-likeness (QED) is 0.683. The van der Waals surface area contributed by atoms with E-state index in [1.165, 1.54) is 6.07 Å². The predicted octanol–water partition coefficient (Wildman–Crippen LogP) is 5.47. The van der Waals surface area contributed by atoms with Gasteiger partial charge in [-0.25, -0.2) is 0 Å². The molecule has 0 amide bonds. The minimum Gasteiger partial charge on any atom is -0.401 e. The van der Waals surface area contributed by atoms with E-state index in [1.807, 2.05) is 24.3 Å². The SMILES string of the molecule is CC(O[Si](C)(C)C)(c1ccc2ccccc2c1)C(F)(F)F. The molecule has 2 aromatic rings. The maximum absolute atomic E-state index is 13.6. The second kappa shape index (κ2) is 5.14. The number of rotatable bonds is 3.